The Hall–Kier alpha value is -1.42. The Morgan fingerprint density at radius 2 is 2.43 bits per heavy atom. The van der Waals surface area contributed by atoms with Crippen LogP contribution in [0.5, 0.6) is 0 Å². The first-order valence-electron chi connectivity index (χ1n) is 3.97. The van der Waals surface area contributed by atoms with Gasteiger partial charge in [0.25, 0.3) is 0 Å². The Morgan fingerprint density at radius 3 is 2.86 bits per heavy atom. The molecule has 1 rings (SSSR count). The summed E-state index contributed by atoms with van der Waals surface area (Å²) in [6.07, 6.45) is -0.829. The van der Waals surface area contributed by atoms with Gasteiger partial charge in [-0.15, -0.1) is 0 Å². The summed E-state index contributed by atoms with van der Waals surface area (Å²) < 4.78 is 5.11. The summed E-state index contributed by atoms with van der Waals surface area (Å²) in [5.74, 6) is 0. The monoisotopic (exact) mass is 215 g/mol. The predicted octanol–water partition coefficient (Wildman–Crippen LogP) is 0.617. The Bertz CT molecular complexity index is 301. The third kappa shape index (κ3) is 2.09. The summed E-state index contributed by atoms with van der Waals surface area (Å²) in [5, 5.41) is 8.45. The average Bonchev–Trinajstić information content (AvgIpc) is 2.95. The van der Waals surface area contributed by atoms with Crippen LogP contribution < -0.4 is 0 Å². The minimum atomic E-state index is -0.829. The number of urea groups is 1. The van der Waals surface area contributed by atoms with Crippen LogP contribution in [0.25, 0.3) is 0 Å². The van der Waals surface area contributed by atoms with Gasteiger partial charge >= 0.3 is 12.1 Å². The third-order valence-corrected chi connectivity index (χ3v) is 1.96. The zero-order valence-electron chi connectivity index (χ0n) is 7.51. The lowest BCUT2D eigenvalue weighted by Gasteiger charge is -2.13. The van der Waals surface area contributed by atoms with E-state index in [1.54, 1.807) is 6.92 Å². The fourth-order valence-electron chi connectivity index (χ4n) is 0.845. The van der Waals surface area contributed by atoms with E-state index in [4.69, 9.17) is 5.26 Å². The first kappa shape index (κ1) is 10.7. The fraction of sp³-hybridized carbons (Fsp3) is 0.571. The smallest absolute Gasteiger partial charge is 0.428 e. The number of carbonyl (C=O) groups is 2. The van der Waals surface area contributed by atoms with Gasteiger partial charge in [0.05, 0.1) is 19.2 Å². The highest BCUT2D eigenvalue weighted by Crippen LogP contribution is 2.19. The van der Waals surface area contributed by atoms with E-state index in [0.29, 0.717) is 10.8 Å². The van der Waals surface area contributed by atoms with Crippen LogP contribution in [0.15, 0.2) is 0 Å². The number of thiol groups is 1. The topological polar surface area (TPSA) is 73.4 Å². The minimum Gasteiger partial charge on any atom is -0.449 e. The van der Waals surface area contributed by atoms with Crippen molar-refractivity contribution in [1.82, 2.24) is 9.21 Å². The van der Waals surface area contributed by atoms with Crippen molar-refractivity contribution in [3.05, 3.63) is 0 Å². The van der Waals surface area contributed by atoms with Crippen molar-refractivity contribution in [3.63, 3.8) is 0 Å². The highest BCUT2D eigenvalue weighted by atomic mass is 32.1. The van der Waals surface area contributed by atoms with E-state index in [1.807, 2.05) is 6.07 Å². The Labute approximate surface area is 86.6 Å². The average molecular weight is 215 g/mol. The SMILES string of the molecule is CCOC(=O)N(S)C(=O)N1CC1C#N. The molecule has 0 saturated carbocycles. The van der Waals surface area contributed by atoms with Gasteiger partial charge in [0, 0.05) is 0 Å². The van der Waals surface area contributed by atoms with Crippen molar-refractivity contribution < 1.29 is 14.3 Å². The lowest BCUT2D eigenvalue weighted by atomic mass is 10.5. The van der Waals surface area contributed by atoms with Crippen LogP contribution in [0, 0.1) is 11.3 Å². The third-order valence-electron chi connectivity index (χ3n) is 1.63. The van der Waals surface area contributed by atoms with Crippen LogP contribution in [0.4, 0.5) is 9.59 Å². The lowest BCUT2D eigenvalue weighted by molar-refractivity contribution is 0.134. The van der Waals surface area contributed by atoms with E-state index in [2.05, 4.69) is 17.6 Å². The summed E-state index contributed by atoms with van der Waals surface area (Å²) in [6.45, 7) is 2.14. The molecule has 1 heterocycles. The zero-order valence-corrected chi connectivity index (χ0v) is 8.40. The van der Waals surface area contributed by atoms with E-state index < -0.39 is 18.2 Å². The number of imide groups is 1. The Balaban J connectivity index is 2.46. The second-order valence-electron chi connectivity index (χ2n) is 2.59. The van der Waals surface area contributed by atoms with E-state index in [0.717, 1.165) is 0 Å². The van der Waals surface area contributed by atoms with E-state index >= 15 is 0 Å². The van der Waals surface area contributed by atoms with Crippen molar-refractivity contribution >= 4 is 24.9 Å². The van der Waals surface area contributed by atoms with Gasteiger partial charge in [-0.2, -0.15) is 9.57 Å². The molecule has 76 valence electrons. The molecule has 0 aliphatic carbocycles. The number of hydrogen-bond donors (Lipinski definition) is 1. The van der Waals surface area contributed by atoms with Crippen LogP contribution in [0.2, 0.25) is 0 Å². The molecular weight excluding hydrogens is 206 g/mol. The molecule has 14 heavy (non-hydrogen) atoms. The minimum absolute atomic E-state index is 0.171. The molecule has 0 N–H and O–H groups in total. The summed E-state index contributed by atoms with van der Waals surface area (Å²) >= 11 is 3.67. The quantitative estimate of drug-likeness (QED) is 0.514. The first-order valence-corrected chi connectivity index (χ1v) is 4.37. The molecule has 1 atom stereocenters. The summed E-state index contributed by atoms with van der Waals surface area (Å²) in [7, 11) is 0. The van der Waals surface area contributed by atoms with Gasteiger partial charge in [-0.1, -0.05) is 12.8 Å². The molecule has 1 aliphatic heterocycles. The van der Waals surface area contributed by atoms with Crippen LogP contribution >= 0.6 is 12.8 Å². The molecule has 0 aromatic heterocycles. The largest absolute Gasteiger partial charge is 0.449 e. The second-order valence-corrected chi connectivity index (χ2v) is 2.99. The summed E-state index contributed by atoms with van der Waals surface area (Å²) in [4.78, 5) is 23.5. The number of carbonyl (C=O) groups excluding carboxylic acids is 2. The van der Waals surface area contributed by atoms with Crippen molar-refractivity contribution in [2.75, 3.05) is 13.2 Å². The lowest BCUT2D eigenvalue weighted by Crippen LogP contribution is -2.33. The van der Waals surface area contributed by atoms with Gasteiger partial charge < -0.3 is 9.64 Å². The molecule has 1 fully saturated rings. The van der Waals surface area contributed by atoms with Gasteiger partial charge in [-0.3, -0.25) is 0 Å². The summed E-state index contributed by atoms with van der Waals surface area (Å²) in [6, 6.07) is 0.823. The van der Waals surface area contributed by atoms with Crippen molar-refractivity contribution in [2.45, 2.75) is 13.0 Å². The van der Waals surface area contributed by atoms with Gasteiger partial charge in [0.2, 0.25) is 0 Å². The number of nitriles is 1. The molecule has 0 spiro atoms. The second kappa shape index (κ2) is 4.19. The molecule has 0 aromatic rings. The van der Waals surface area contributed by atoms with Crippen LogP contribution in [-0.2, 0) is 4.74 Å². The molecule has 1 aliphatic rings. The van der Waals surface area contributed by atoms with Gasteiger partial charge in [0.1, 0.15) is 6.04 Å². The van der Waals surface area contributed by atoms with Crippen molar-refractivity contribution in [1.29, 1.82) is 5.26 Å². The molecule has 1 saturated heterocycles. The number of rotatable bonds is 1. The van der Waals surface area contributed by atoms with E-state index in [9.17, 15) is 9.59 Å². The fourth-order valence-corrected chi connectivity index (χ4v) is 1.02. The Kier molecular flexibility index (Phi) is 3.19. The van der Waals surface area contributed by atoms with Crippen LogP contribution in [-0.4, -0.2) is 40.5 Å². The van der Waals surface area contributed by atoms with Gasteiger partial charge in [0.15, 0.2) is 0 Å². The number of amides is 3. The van der Waals surface area contributed by atoms with Gasteiger partial charge in [-0.05, 0) is 6.92 Å². The highest BCUT2D eigenvalue weighted by molar-refractivity contribution is 7.79. The highest BCUT2D eigenvalue weighted by Gasteiger charge is 2.42. The standard InChI is InChI=1S/C7H9N3O3S/c1-2-13-7(12)10(14)6(11)9-4-5(9)3-8/h5,14H,2,4H2,1H3. The molecule has 0 bridgehead atoms. The normalized spacial score (nSPS) is 18.4. The number of hydrogen-bond acceptors (Lipinski definition) is 5. The predicted molar refractivity (Wildman–Crippen MR) is 49.4 cm³/mol. The van der Waals surface area contributed by atoms with Crippen molar-refractivity contribution in [2.24, 2.45) is 0 Å². The molecular formula is C7H9N3O3S. The number of ether oxygens (including phenoxy) is 1. The van der Waals surface area contributed by atoms with Crippen LogP contribution in [0.3, 0.4) is 0 Å². The maximum absolute atomic E-state index is 11.3. The zero-order chi connectivity index (χ0) is 10.7. The molecule has 0 radical (unpaired) electrons. The molecule has 7 heteroatoms. The molecule has 3 amide bonds. The van der Waals surface area contributed by atoms with Crippen molar-refractivity contribution in [3.8, 4) is 6.07 Å². The number of nitrogens with zero attached hydrogens (tertiary/aromatic N) is 3. The Morgan fingerprint density at radius 1 is 1.79 bits per heavy atom. The van der Waals surface area contributed by atoms with Crippen LogP contribution in [0.1, 0.15) is 6.92 Å². The van der Waals surface area contributed by atoms with Gasteiger partial charge in [-0.25, -0.2) is 9.59 Å². The first-order chi connectivity index (χ1) is 6.61. The molecule has 1 unspecified atom stereocenters. The van der Waals surface area contributed by atoms with E-state index in [-0.39, 0.29) is 6.61 Å². The molecule has 6 nitrogen and oxygen atoms in total. The van der Waals surface area contributed by atoms with E-state index in [1.165, 1.54) is 4.90 Å². The maximum Gasteiger partial charge on any atom is 0.428 e. The summed E-state index contributed by atoms with van der Waals surface area (Å²) in [5.41, 5.74) is 0. The molecule has 0 aromatic carbocycles. The maximum atomic E-state index is 11.3.